The van der Waals surface area contributed by atoms with Crippen molar-refractivity contribution in [1.82, 2.24) is 14.7 Å². The van der Waals surface area contributed by atoms with Crippen LogP contribution >= 0.6 is 0 Å². The minimum absolute atomic E-state index is 0.305. The molecular weight excluding hydrogens is 224 g/mol. The maximum atomic E-state index is 9.15. The van der Waals surface area contributed by atoms with Crippen LogP contribution in [0.15, 0.2) is 0 Å². The highest BCUT2D eigenvalue weighted by Crippen LogP contribution is 2.16. The molecule has 0 aliphatic carbocycles. The third-order valence-electron chi connectivity index (χ3n) is 4.37. The van der Waals surface area contributed by atoms with Crippen LogP contribution in [0.4, 0.5) is 0 Å². The van der Waals surface area contributed by atoms with Crippen LogP contribution in [0.5, 0.6) is 0 Å². The summed E-state index contributed by atoms with van der Waals surface area (Å²) in [5, 5.41) is 9.15. The van der Waals surface area contributed by atoms with Gasteiger partial charge >= 0.3 is 0 Å². The normalized spacial score (nSPS) is 24.3. The van der Waals surface area contributed by atoms with Gasteiger partial charge in [0.2, 0.25) is 0 Å². The third-order valence-corrected chi connectivity index (χ3v) is 4.37. The fourth-order valence-corrected chi connectivity index (χ4v) is 2.89. The Labute approximate surface area is 111 Å². The molecule has 0 bridgehead atoms. The van der Waals surface area contributed by atoms with Crippen LogP contribution in [-0.4, -0.2) is 72.6 Å². The van der Waals surface area contributed by atoms with Crippen molar-refractivity contribution in [1.29, 1.82) is 5.26 Å². The lowest BCUT2D eigenvalue weighted by atomic mass is 10.0. The highest BCUT2D eigenvalue weighted by molar-refractivity contribution is 5.02. The number of rotatable bonds is 4. The van der Waals surface area contributed by atoms with Crippen molar-refractivity contribution in [2.24, 2.45) is 0 Å². The second-order valence-corrected chi connectivity index (χ2v) is 6.05. The van der Waals surface area contributed by atoms with E-state index in [1.807, 2.05) is 13.8 Å². The lowest BCUT2D eigenvalue weighted by Gasteiger charge is -2.40. The monoisotopic (exact) mass is 250 g/mol. The molecule has 2 rings (SSSR count). The summed E-state index contributed by atoms with van der Waals surface area (Å²) in [7, 11) is 0. The Morgan fingerprint density at radius 3 is 1.89 bits per heavy atom. The standard InChI is InChI=1S/C14H26N4/c1-14(2,13-15)18-11-9-17(10-12-18)8-7-16-5-3-4-6-16/h3-12H2,1-2H3. The third kappa shape index (κ3) is 3.44. The van der Waals surface area contributed by atoms with Crippen molar-refractivity contribution in [3.63, 3.8) is 0 Å². The van der Waals surface area contributed by atoms with Gasteiger partial charge in [-0.25, -0.2) is 0 Å². The van der Waals surface area contributed by atoms with Crippen LogP contribution in [-0.2, 0) is 0 Å². The number of nitriles is 1. The Morgan fingerprint density at radius 2 is 1.39 bits per heavy atom. The second-order valence-electron chi connectivity index (χ2n) is 6.05. The Kier molecular flexibility index (Phi) is 4.60. The van der Waals surface area contributed by atoms with Crippen molar-refractivity contribution in [3.05, 3.63) is 0 Å². The van der Waals surface area contributed by atoms with Crippen LogP contribution in [0.1, 0.15) is 26.7 Å². The van der Waals surface area contributed by atoms with Crippen molar-refractivity contribution in [2.45, 2.75) is 32.2 Å². The van der Waals surface area contributed by atoms with Crippen LogP contribution in [0, 0.1) is 11.3 Å². The van der Waals surface area contributed by atoms with E-state index in [2.05, 4.69) is 20.8 Å². The summed E-state index contributed by atoms with van der Waals surface area (Å²) in [5.41, 5.74) is -0.305. The smallest absolute Gasteiger partial charge is 0.103 e. The van der Waals surface area contributed by atoms with E-state index in [0.717, 1.165) is 26.2 Å². The van der Waals surface area contributed by atoms with Crippen molar-refractivity contribution >= 4 is 0 Å². The van der Waals surface area contributed by atoms with Gasteiger partial charge in [-0.1, -0.05) is 0 Å². The molecule has 18 heavy (non-hydrogen) atoms. The van der Waals surface area contributed by atoms with Gasteiger partial charge in [-0.05, 0) is 39.8 Å². The molecule has 0 saturated carbocycles. The van der Waals surface area contributed by atoms with E-state index < -0.39 is 0 Å². The number of hydrogen-bond donors (Lipinski definition) is 0. The molecule has 4 heteroatoms. The average Bonchev–Trinajstić information content (AvgIpc) is 2.90. The summed E-state index contributed by atoms with van der Waals surface area (Å²) in [6.07, 6.45) is 2.76. The molecule has 2 aliphatic rings. The molecule has 0 atom stereocenters. The molecule has 2 fully saturated rings. The SMILES string of the molecule is CC(C)(C#N)N1CCN(CCN2CCCC2)CC1. The molecule has 2 heterocycles. The summed E-state index contributed by atoms with van der Waals surface area (Å²) >= 11 is 0. The number of hydrogen-bond acceptors (Lipinski definition) is 4. The topological polar surface area (TPSA) is 33.5 Å². The molecule has 2 saturated heterocycles. The van der Waals surface area contributed by atoms with Gasteiger partial charge in [0, 0.05) is 39.3 Å². The van der Waals surface area contributed by atoms with E-state index in [1.165, 1.54) is 39.0 Å². The lowest BCUT2D eigenvalue weighted by molar-refractivity contribution is 0.0753. The van der Waals surface area contributed by atoms with Gasteiger partial charge in [-0.15, -0.1) is 0 Å². The largest absolute Gasteiger partial charge is 0.302 e. The van der Waals surface area contributed by atoms with Crippen LogP contribution in [0.25, 0.3) is 0 Å². The molecule has 0 aromatic rings. The molecule has 0 N–H and O–H groups in total. The van der Waals surface area contributed by atoms with E-state index in [1.54, 1.807) is 0 Å². The van der Waals surface area contributed by atoms with Gasteiger partial charge in [-0.2, -0.15) is 5.26 Å². The zero-order chi connectivity index (χ0) is 13.0. The van der Waals surface area contributed by atoms with Crippen molar-refractivity contribution in [3.8, 4) is 6.07 Å². The predicted molar refractivity (Wildman–Crippen MR) is 73.4 cm³/mol. The summed E-state index contributed by atoms with van der Waals surface area (Å²) in [6.45, 7) is 13.3. The van der Waals surface area contributed by atoms with E-state index in [-0.39, 0.29) is 5.54 Å². The van der Waals surface area contributed by atoms with Gasteiger partial charge < -0.3 is 4.90 Å². The molecule has 0 aromatic heterocycles. The van der Waals surface area contributed by atoms with Crippen LogP contribution < -0.4 is 0 Å². The summed E-state index contributed by atoms with van der Waals surface area (Å²) in [5.74, 6) is 0. The Bertz CT molecular complexity index is 293. The van der Waals surface area contributed by atoms with Gasteiger partial charge in [0.15, 0.2) is 0 Å². The first-order valence-corrected chi connectivity index (χ1v) is 7.23. The predicted octanol–water partition coefficient (Wildman–Crippen LogP) is 1.00. The first-order chi connectivity index (χ1) is 8.62. The van der Waals surface area contributed by atoms with E-state index in [9.17, 15) is 0 Å². The molecule has 0 spiro atoms. The number of piperazine rings is 1. The zero-order valence-corrected chi connectivity index (χ0v) is 11.9. The van der Waals surface area contributed by atoms with E-state index >= 15 is 0 Å². The quantitative estimate of drug-likeness (QED) is 0.745. The molecular formula is C14H26N4. The van der Waals surface area contributed by atoms with Gasteiger partial charge in [0.25, 0.3) is 0 Å². The first-order valence-electron chi connectivity index (χ1n) is 7.23. The molecule has 2 aliphatic heterocycles. The summed E-state index contributed by atoms with van der Waals surface area (Å²) in [6, 6.07) is 2.40. The van der Waals surface area contributed by atoms with E-state index in [4.69, 9.17) is 5.26 Å². The van der Waals surface area contributed by atoms with Crippen LogP contribution in [0.2, 0.25) is 0 Å². The first kappa shape index (κ1) is 13.8. The Balaban J connectivity index is 1.68. The highest BCUT2D eigenvalue weighted by atomic mass is 15.3. The Morgan fingerprint density at radius 1 is 0.889 bits per heavy atom. The molecule has 0 aromatic carbocycles. The minimum atomic E-state index is -0.305. The second kappa shape index (κ2) is 6.01. The zero-order valence-electron chi connectivity index (χ0n) is 11.9. The maximum Gasteiger partial charge on any atom is 0.103 e. The minimum Gasteiger partial charge on any atom is -0.302 e. The number of nitrogens with zero attached hydrogens (tertiary/aromatic N) is 4. The Hall–Kier alpha value is -0.630. The van der Waals surface area contributed by atoms with Crippen molar-refractivity contribution < 1.29 is 0 Å². The van der Waals surface area contributed by atoms with Crippen LogP contribution in [0.3, 0.4) is 0 Å². The molecule has 0 amide bonds. The molecule has 0 radical (unpaired) electrons. The summed E-state index contributed by atoms with van der Waals surface area (Å²) in [4.78, 5) is 7.42. The fraction of sp³-hybridized carbons (Fsp3) is 0.929. The molecule has 102 valence electrons. The summed E-state index contributed by atoms with van der Waals surface area (Å²) < 4.78 is 0. The van der Waals surface area contributed by atoms with Crippen molar-refractivity contribution in [2.75, 3.05) is 52.4 Å². The lowest BCUT2D eigenvalue weighted by Crippen LogP contribution is -2.54. The maximum absolute atomic E-state index is 9.15. The van der Waals surface area contributed by atoms with Gasteiger partial charge in [-0.3, -0.25) is 9.80 Å². The van der Waals surface area contributed by atoms with Gasteiger partial charge in [0.05, 0.1) is 6.07 Å². The fourth-order valence-electron chi connectivity index (χ4n) is 2.89. The van der Waals surface area contributed by atoms with E-state index in [0.29, 0.717) is 0 Å². The average molecular weight is 250 g/mol. The number of likely N-dealkylation sites (tertiary alicyclic amines) is 1. The highest BCUT2D eigenvalue weighted by Gasteiger charge is 2.29. The molecule has 0 unspecified atom stereocenters. The molecule has 4 nitrogen and oxygen atoms in total. The van der Waals surface area contributed by atoms with Gasteiger partial charge in [0.1, 0.15) is 5.54 Å².